The number of aromatic nitrogens is 1. The molecule has 2 aromatic rings. The molecule has 23 heavy (non-hydrogen) atoms. The number of aromatic amines is 1. The standard InChI is InChI=1S/C16H18N2O4S/c1-18(13-6-7-23(21,22)10-13)15(19)9-12-8-11-4-2-3-5-14(11)17-16(12)20/h2-5,8,13H,6-7,9-10H2,1H3,(H,17,20)/t13-/m1/s1. The summed E-state index contributed by atoms with van der Waals surface area (Å²) in [5.74, 6) is -0.123. The summed E-state index contributed by atoms with van der Waals surface area (Å²) in [6.45, 7) is 0. The number of carbonyl (C=O) groups is 1. The summed E-state index contributed by atoms with van der Waals surface area (Å²) in [6, 6.07) is 8.78. The number of H-pyrrole nitrogens is 1. The predicted octanol–water partition coefficient (Wildman–Crippen LogP) is 0.716. The average molecular weight is 334 g/mol. The van der Waals surface area contributed by atoms with Gasteiger partial charge in [0.15, 0.2) is 9.84 Å². The second kappa shape index (κ2) is 5.81. The van der Waals surface area contributed by atoms with Crippen molar-refractivity contribution in [3.05, 3.63) is 46.2 Å². The molecule has 122 valence electrons. The van der Waals surface area contributed by atoms with E-state index in [0.29, 0.717) is 12.0 Å². The number of benzene rings is 1. The molecule has 1 aliphatic rings. The van der Waals surface area contributed by atoms with E-state index in [9.17, 15) is 18.0 Å². The van der Waals surface area contributed by atoms with Crippen molar-refractivity contribution in [1.82, 2.24) is 9.88 Å². The number of carbonyl (C=O) groups excluding carboxylic acids is 1. The molecular weight excluding hydrogens is 316 g/mol. The van der Waals surface area contributed by atoms with E-state index in [1.54, 1.807) is 19.2 Å². The second-order valence-corrected chi connectivity index (χ2v) is 8.18. The highest BCUT2D eigenvalue weighted by atomic mass is 32.2. The molecule has 0 aliphatic carbocycles. The van der Waals surface area contributed by atoms with Crippen molar-refractivity contribution in [2.24, 2.45) is 0 Å². The first-order valence-electron chi connectivity index (χ1n) is 7.43. The van der Waals surface area contributed by atoms with Gasteiger partial charge in [0.05, 0.1) is 17.9 Å². The fraction of sp³-hybridized carbons (Fsp3) is 0.375. The Morgan fingerprint density at radius 2 is 2.09 bits per heavy atom. The topological polar surface area (TPSA) is 87.3 Å². The van der Waals surface area contributed by atoms with Crippen LogP contribution in [0.2, 0.25) is 0 Å². The van der Waals surface area contributed by atoms with Gasteiger partial charge in [-0.15, -0.1) is 0 Å². The Morgan fingerprint density at radius 1 is 1.35 bits per heavy atom. The van der Waals surface area contributed by atoms with E-state index >= 15 is 0 Å². The minimum Gasteiger partial charge on any atom is -0.341 e. The number of hydrogen-bond acceptors (Lipinski definition) is 4. The minimum atomic E-state index is -3.05. The number of fused-ring (bicyclic) bond motifs is 1. The van der Waals surface area contributed by atoms with Crippen molar-refractivity contribution < 1.29 is 13.2 Å². The molecule has 1 fully saturated rings. The molecule has 1 saturated heterocycles. The SMILES string of the molecule is CN(C(=O)Cc1cc2ccccc2[nH]c1=O)[C@@H]1CCS(=O)(=O)C1. The van der Waals surface area contributed by atoms with Crippen LogP contribution in [-0.4, -0.2) is 48.8 Å². The maximum Gasteiger partial charge on any atom is 0.252 e. The molecule has 6 nitrogen and oxygen atoms in total. The summed E-state index contributed by atoms with van der Waals surface area (Å²) in [4.78, 5) is 28.7. The van der Waals surface area contributed by atoms with Crippen molar-refractivity contribution >= 4 is 26.6 Å². The number of nitrogens with one attached hydrogen (secondary N) is 1. The molecular formula is C16H18N2O4S. The van der Waals surface area contributed by atoms with E-state index in [1.165, 1.54) is 4.90 Å². The zero-order valence-electron chi connectivity index (χ0n) is 12.8. The van der Waals surface area contributed by atoms with Gasteiger partial charge in [-0.1, -0.05) is 18.2 Å². The zero-order chi connectivity index (χ0) is 16.6. The van der Waals surface area contributed by atoms with Crippen LogP contribution in [0.4, 0.5) is 0 Å². The number of likely N-dealkylation sites (N-methyl/N-ethyl adjacent to an activating group) is 1. The van der Waals surface area contributed by atoms with Gasteiger partial charge in [0.25, 0.3) is 5.56 Å². The van der Waals surface area contributed by atoms with Gasteiger partial charge < -0.3 is 9.88 Å². The first-order chi connectivity index (χ1) is 10.9. The molecule has 0 saturated carbocycles. The van der Waals surface area contributed by atoms with E-state index in [2.05, 4.69) is 4.98 Å². The van der Waals surface area contributed by atoms with Gasteiger partial charge in [-0.05, 0) is 23.9 Å². The van der Waals surface area contributed by atoms with Crippen LogP contribution in [0.15, 0.2) is 35.1 Å². The maximum atomic E-state index is 12.4. The third-order valence-corrected chi connectivity index (χ3v) is 6.07. The molecule has 1 amide bonds. The van der Waals surface area contributed by atoms with Crippen LogP contribution in [0, 0.1) is 0 Å². The Labute approximate surface area is 134 Å². The Kier molecular flexibility index (Phi) is 3.97. The van der Waals surface area contributed by atoms with Crippen LogP contribution >= 0.6 is 0 Å². The highest BCUT2D eigenvalue weighted by Gasteiger charge is 2.32. The summed E-state index contributed by atoms with van der Waals surface area (Å²) >= 11 is 0. The Hall–Kier alpha value is -2.15. The van der Waals surface area contributed by atoms with Crippen molar-refractivity contribution in [1.29, 1.82) is 0 Å². The first-order valence-corrected chi connectivity index (χ1v) is 9.25. The molecule has 0 bridgehead atoms. The number of nitrogens with zero attached hydrogens (tertiary/aromatic N) is 1. The first kappa shape index (κ1) is 15.7. The number of para-hydroxylation sites is 1. The van der Waals surface area contributed by atoms with Gasteiger partial charge in [-0.25, -0.2) is 8.42 Å². The van der Waals surface area contributed by atoms with Crippen molar-refractivity contribution in [2.45, 2.75) is 18.9 Å². The van der Waals surface area contributed by atoms with Crippen molar-refractivity contribution in [3.8, 4) is 0 Å². The smallest absolute Gasteiger partial charge is 0.252 e. The van der Waals surface area contributed by atoms with Crippen LogP contribution in [0.5, 0.6) is 0 Å². The molecule has 1 N–H and O–H groups in total. The minimum absolute atomic E-state index is 0.00329. The number of pyridine rings is 1. The fourth-order valence-electron chi connectivity index (χ4n) is 2.90. The summed E-state index contributed by atoms with van der Waals surface area (Å²) in [5.41, 5.74) is 0.829. The van der Waals surface area contributed by atoms with Gasteiger partial charge in [0, 0.05) is 24.2 Å². The van der Waals surface area contributed by atoms with Gasteiger partial charge in [-0.2, -0.15) is 0 Å². The molecule has 1 aliphatic heterocycles. The number of sulfone groups is 1. The lowest BCUT2D eigenvalue weighted by Crippen LogP contribution is -2.39. The van der Waals surface area contributed by atoms with E-state index < -0.39 is 9.84 Å². The van der Waals surface area contributed by atoms with Gasteiger partial charge in [0.2, 0.25) is 5.91 Å². The third kappa shape index (κ3) is 3.29. The quantitative estimate of drug-likeness (QED) is 0.896. The number of hydrogen-bond donors (Lipinski definition) is 1. The Morgan fingerprint density at radius 3 is 2.78 bits per heavy atom. The molecule has 2 heterocycles. The molecule has 0 spiro atoms. The lowest BCUT2D eigenvalue weighted by atomic mass is 10.1. The normalized spacial score (nSPS) is 19.8. The summed E-state index contributed by atoms with van der Waals surface area (Å²) in [5, 5.41) is 0.862. The zero-order valence-corrected chi connectivity index (χ0v) is 13.6. The van der Waals surface area contributed by atoms with E-state index in [-0.39, 0.29) is 35.4 Å². The third-order valence-electron chi connectivity index (χ3n) is 4.32. The monoisotopic (exact) mass is 334 g/mol. The van der Waals surface area contributed by atoms with Crippen LogP contribution in [0.25, 0.3) is 10.9 Å². The van der Waals surface area contributed by atoms with Gasteiger partial charge in [-0.3, -0.25) is 9.59 Å². The lowest BCUT2D eigenvalue weighted by molar-refractivity contribution is -0.130. The summed E-state index contributed by atoms with van der Waals surface area (Å²) < 4.78 is 23.1. The molecule has 1 aromatic carbocycles. The molecule has 0 unspecified atom stereocenters. The maximum absolute atomic E-state index is 12.4. The Balaban J connectivity index is 1.80. The largest absolute Gasteiger partial charge is 0.341 e. The van der Waals surface area contributed by atoms with Crippen LogP contribution < -0.4 is 5.56 Å². The van der Waals surface area contributed by atoms with Gasteiger partial charge in [0.1, 0.15) is 0 Å². The summed E-state index contributed by atoms with van der Waals surface area (Å²) in [6.07, 6.45) is 0.422. The highest BCUT2D eigenvalue weighted by Crippen LogP contribution is 2.17. The van der Waals surface area contributed by atoms with Gasteiger partial charge >= 0.3 is 0 Å². The highest BCUT2D eigenvalue weighted by molar-refractivity contribution is 7.91. The number of rotatable bonds is 3. The number of amides is 1. The lowest BCUT2D eigenvalue weighted by Gasteiger charge is -2.23. The molecule has 0 radical (unpaired) electrons. The summed E-state index contributed by atoms with van der Waals surface area (Å²) in [7, 11) is -1.45. The Bertz CT molecular complexity index is 917. The van der Waals surface area contributed by atoms with Crippen LogP contribution in [0.1, 0.15) is 12.0 Å². The molecule has 1 atom stereocenters. The van der Waals surface area contributed by atoms with Crippen LogP contribution in [0.3, 0.4) is 0 Å². The predicted molar refractivity (Wildman–Crippen MR) is 88.1 cm³/mol. The van der Waals surface area contributed by atoms with E-state index in [1.807, 2.05) is 18.2 Å². The molecule has 1 aromatic heterocycles. The van der Waals surface area contributed by atoms with E-state index in [4.69, 9.17) is 0 Å². The van der Waals surface area contributed by atoms with E-state index in [0.717, 1.165) is 10.9 Å². The second-order valence-electron chi connectivity index (χ2n) is 5.95. The molecule has 7 heteroatoms. The average Bonchev–Trinajstić information content (AvgIpc) is 2.87. The molecule has 3 rings (SSSR count). The fourth-order valence-corrected chi connectivity index (χ4v) is 4.67. The van der Waals surface area contributed by atoms with Crippen LogP contribution in [-0.2, 0) is 21.1 Å². The van der Waals surface area contributed by atoms with Crippen molar-refractivity contribution in [2.75, 3.05) is 18.6 Å². The van der Waals surface area contributed by atoms with Crippen molar-refractivity contribution in [3.63, 3.8) is 0 Å².